The zero-order valence-electron chi connectivity index (χ0n) is 7.68. The minimum atomic E-state index is 0.340. The second-order valence-electron chi connectivity index (χ2n) is 4.31. The number of aliphatic hydroxyl groups excluding tert-OH is 1. The lowest BCUT2D eigenvalue weighted by molar-refractivity contribution is 0.123. The van der Waals surface area contributed by atoms with Crippen LogP contribution >= 0.6 is 0 Å². The fourth-order valence-electron chi connectivity index (χ4n) is 2.96. The highest BCUT2D eigenvalue weighted by Crippen LogP contribution is 2.40. The molecule has 2 aliphatic rings. The van der Waals surface area contributed by atoms with E-state index in [4.69, 9.17) is 0 Å². The summed E-state index contributed by atoms with van der Waals surface area (Å²) in [5.74, 6) is 0.540. The van der Waals surface area contributed by atoms with E-state index in [-0.39, 0.29) is 0 Å². The molecule has 1 heterocycles. The molecule has 0 aromatic heterocycles. The second-order valence-corrected chi connectivity index (χ2v) is 4.31. The lowest BCUT2D eigenvalue weighted by Gasteiger charge is -2.39. The van der Waals surface area contributed by atoms with Crippen LogP contribution in [0.1, 0.15) is 38.5 Å². The molecule has 1 saturated heterocycles. The average molecular weight is 169 g/mol. The monoisotopic (exact) mass is 169 g/mol. The zero-order valence-corrected chi connectivity index (χ0v) is 7.68. The summed E-state index contributed by atoms with van der Waals surface area (Å²) < 4.78 is 0. The van der Waals surface area contributed by atoms with Crippen LogP contribution in [0.4, 0.5) is 0 Å². The third-order valence-corrected chi connectivity index (χ3v) is 3.70. The summed E-state index contributed by atoms with van der Waals surface area (Å²) in [6.07, 6.45) is 7.78. The third-order valence-electron chi connectivity index (χ3n) is 3.70. The van der Waals surface area contributed by atoms with Crippen molar-refractivity contribution in [3.05, 3.63) is 0 Å². The molecule has 0 aromatic carbocycles. The van der Waals surface area contributed by atoms with Crippen LogP contribution in [0.2, 0.25) is 0 Å². The SMILES string of the molecule is OC[C@H]1CCC[C@@]12CCCCN2. The molecule has 1 aliphatic heterocycles. The average Bonchev–Trinajstić information content (AvgIpc) is 2.49. The molecule has 1 aliphatic carbocycles. The topological polar surface area (TPSA) is 32.3 Å². The van der Waals surface area contributed by atoms with Crippen molar-refractivity contribution >= 4 is 0 Å². The lowest BCUT2D eigenvalue weighted by atomic mass is 9.80. The fourth-order valence-corrected chi connectivity index (χ4v) is 2.96. The molecule has 1 spiro atoms. The highest BCUT2D eigenvalue weighted by molar-refractivity contribution is 5.00. The van der Waals surface area contributed by atoms with Crippen molar-refractivity contribution in [3.63, 3.8) is 0 Å². The molecule has 0 amide bonds. The van der Waals surface area contributed by atoms with Gasteiger partial charge in [-0.3, -0.25) is 0 Å². The molecule has 70 valence electrons. The van der Waals surface area contributed by atoms with E-state index in [0.717, 1.165) is 6.54 Å². The van der Waals surface area contributed by atoms with E-state index >= 15 is 0 Å². The molecule has 0 radical (unpaired) electrons. The highest BCUT2D eigenvalue weighted by atomic mass is 16.3. The predicted molar refractivity (Wildman–Crippen MR) is 49.0 cm³/mol. The van der Waals surface area contributed by atoms with Crippen molar-refractivity contribution in [1.82, 2.24) is 5.32 Å². The van der Waals surface area contributed by atoms with Crippen molar-refractivity contribution < 1.29 is 5.11 Å². The largest absolute Gasteiger partial charge is 0.396 e. The van der Waals surface area contributed by atoms with Crippen LogP contribution in [-0.2, 0) is 0 Å². The van der Waals surface area contributed by atoms with E-state index in [9.17, 15) is 5.11 Å². The maximum atomic E-state index is 9.24. The van der Waals surface area contributed by atoms with Gasteiger partial charge in [0.1, 0.15) is 0 Å². The van der Waals surface area contributed by atoms with Crippen LogP contribution in [0.5, 0.6) is 0 Å². The van der Waals surface area contributed by atoms with E-state index in [1.54, 1.807) is 0 Å². The van der Waals surface area contributed by atoms with E-state index in [0.29, 0.717) is 18.1 Å². The molecule has 2 rings (SSSR count). The molecule has 1 saturated carbocycles. The molecule has 2 atom stereocenters. The van der Waals surface area contributed by atoms with Crippen LogP contribution in [0.3, 0.4) is 0 Å². The standard InChI is InChI=1S/C10H19NO/c12-8-9-4-3-6-10(9)5-1-2-7-11-10/h9,11-12H,1-8H2/t9-,10+/m1/s1. The smallest absolute Gasteiger partial charge is 0.0476 e. The van der Waals surface area contributed by atoms with Gasteiger partial charge in [0.05, 0.1) is 0 Å². The van der Waals surface area contributed by atoms with Crippen LogP contribution in [0.15, 0.2) is 0 Å². The maximum absolute atomic E-state index is 9.24. The van der Waals surface area contributed by atoms with Gasteiger partial charge in [-0.25, -0.2) is 0 Å². The summed E-state index contributed by atoms with van der Waals surface area (Å²) in [5, 5.41) is 12.9. The van der Waals surface area contributed by atoms with Gasteiger partial charge in [0.2, 0.25) is 0 Å². The summed E-state index contributed by atoms with van der Waals surface area (Å²) in [6, 6.07) is 0. The molecule has 2 N–H and O–H groups in total. The van der Waals surface area contributed by atoms with E-state index in [1.807, 2.05) is 0 Å². The third kappa shape index (κ3) is 1.27. The van der Waals surface area contributed by atoms with Crippen LogP contribution in [-0.4, -0.2) is 23.8 Å². The van der Waals surface area contributed by atoms with E-state index in [1.165, 1.54) is 38.5 Å². The van der Waals surface area contributed by atoms with Crippen molar-refractivity contribution in [2.75, 3.05) is 13.2 Å². The van der Waals surface area contributed by atoms with Gasteiger partial charge in [-0.05, 0) is 32.2 Å². The van der Waals surface area contributed by atoms with Gasteiger partial charge in [0, 0.05) is 18.1 Å². The summed E-state index contributed by atoms with van der Waals surface area (Å²) in [5.41, 5.74) is 0.340. The Balaban J connectivity index is 2.05. The van der Waals surface area contributed by atoms with Gasteiger partial charge in [-0.15, -0.1) is 0 Å². The molecule has 0 aromatic rings. The van der Waals surface area contributed by atoms with Crippen molar-refractivity contribution in [3.8, 4) is 0 Å². The summed E-state index contributed by atoms with van der Waals surface area (Å²) in [7, 11) is 0. The predicted octanol–water partition coefficient (Wildman–Crippen LogP) is 1.29. The molecule has 0 unspecified atom stereocenters. The first-order valence-electron chi connectivity index (χ1n) is 5.23. The highest BCUT2D eigenvalue weighted by Gasteiger charge is 2.42. The summed E-state index contributed by atoms with van der Waals surface area (Å²) >= 11 is 0. The summed E-state index contributed by atoms with van der Waals surface area (Å²) in [6.45, 7) is 1.55. The maximum Gasteiger partial charge on any atom is 0.0476 e. The van der Waals surface area contributed by atoms with Gasteiger partial charge >= 0.3 is 0 Å². The molecule has 0 bridgehead atoms. The van der Waals surface area contributed by atoms with E-state index < -0.39 is 0 Å². The van der Waals surface area contributed by atoms with Crippen LogP contribution < -0.4 is 5.32 Å². The minimum absolute atomic E-state index is 0.340. The van der Waals surface area contributed by atoms with Gasteiger partial charge < -0.3 is 10.4 Å². The number of hydrogen-bond donors (Lipinski definition) is 2. The molecule has 12 heavy (non-hydrogen) atoms. The quantitative estimate of drug-likeness (QED) is 0.620. The minimum Gasteiger partial charge on any atom is -0.396 e. The first kappa shape index (κ1) is 8.52. The number of hydrogen-bond acceptors (Lipinski definition) is 2. The Labute approximate surface area is 74.4 Å². The second kappa shape index (κ2) is 3.35. The van der Waals surface area contributed by atoms with Gasteiger partial charge in [0.25, 0.3) is 0 Å². The Morgan fingerprint density at radius 3 is 2.75 bits per heavy atom. The van der Waals surface area contributed by atoms with Crippen molar-refractivity contribution in [2.45, 2.75) is 44.1 Å². The molecular formula is C10H19NO. The van der Waals surface area contributed by atoms with Crippen LogP contribution in [0.25, 0.3) is 0 Å². The Hall–Kier alpha value is -0.0800. The van der Waals surface area contributed by atoms with Crippen LogP contribution in [0, 0.1) is 5.92 Å². The molecule has 2 nitrogen and oxygen atoms in total. The Morgan fingerprint density at radius 1 is 1.25 bits per heavy atom. The Bertz CT molecular complexity index is 152. The Kier molecular flexibility index (Phi) is 2.37. The zero-order chi connectivity index (χ0) is 8.44. The number of rotatable bonds is 1. The number of piperidine rings is 1. The van der Waals surface area contributed by atoms with Gasteiger partial charge in [-0.1, -0.05) is 12.8 Å². The lowest BCUT2D eigenvalue weighted by Crippen LogP contribution is -2.52. The van der Waals surface area contributed by atoms with Crippen molar-refractivity contribution in [1.29, 1.82) is 0 Å². The fraction of sp³-hybridized carbons (Fsp3) is 1.00. The van der Waals surface area contributed by atoms with E-state index in [2.05, 4.69) is 5.32 Å². The number of nitrogens with one attached hydrogen (secondary N) is 1. The van der Waals surface area contributed by atoms with Crippen molar-refractivity contribution in [2.24, 2.45) is 5.92 Å². The molecule has 2 heteroatoms. The first-order chi connectivity index (χ1) is 5.87. The summed E-state index contributed by atoms with van der Waals surface area (Å²) in [4.78, 5) is 0. The number of aliphatic hydroxyl groups is 1. The van der Waals surface area contributed by atoms with Gasteiger partial charge in [0.15, 0.2) is 0 Å². The normalized spacial score (nSPS) is 42.2. The molecule has 2 fully saturated rings. The van der Waals surface area contributed by atoms with Gasteiger partial charge in [-0.2, -0.15) is 0 Å². The Morgan fingerprint density at radius 2 is 2.08 bits per heavy atom. The molecular weight excluding hydrogens is 150 g/mol. The first-order valence-corrected chi connectivity index (χ1v) is 5.23.